The fourth-order valence-electron chi connectivity index (χ4n) is 4.47. The van der Waals surface area contributed by atoms with Crippen LogP contribution in [0.5, 0.6) is 0 Å². The van der Waals surface area contributed by atoms with Gasteiger partial charge in [-0.1, -0.05) is 50.7 Å². The molecule has 0 aromatic carbocycles. The van der Waals surface area contributed by atoms with Gasteiger partial charge in [0.1, 0.15) is 0 Å². The normalized spacial score (nSPS) is 32.4. The smallest absolute Gasteiger partial charge is 0.350 e. The van der Waals surface area contributed by atoms with Gasteiger partial charge < -0.3 is 20.7 Å². The van der Waals surface area contributed by atoms with Crippen LogP contribution < -0.4 is 5.32 Å². The Morgan fingerprint density at radius 3 is 2.32 bits per heavy atom. The second-order valence-electron chi connectivity index (χ2n) is 9.50. The number of rotatable bonds is 2. The largest absolute Gasteiger partial charge is 0.471 e. The van der Waals surface area contributed by atoms with Crippen molar-refractivity contribution in [1.82, 2.24) is 5.32 Å². The Morgan fingerprint density at radius 1 is 1.13 bits per heavy atom. The third-order valence-corrected chi connectivity index (χ3v) is 6.59. The van der Waals surface area contributed by atoms with Gasteiger partial charge in [0.05, 0.1) is 13.2 Å². The zero-order valence-corrected chi connectivity index (χ0v) is 23.5. The van der Waals surface area contributed by atoms with Gasteiger partial charge in [0.15, 0.2) is 6.29 Å². The van der Waals surface area contributed by atoms with Gasteiger partial charge in [0, 0.05) is 42.1 Å². The van der Waals surface area contributed by atoms with Gasteiger partial charge in [-0.2, -0.15) is 26.5 Å². The first-order valence-corrected chi connectivity index (χ1v) is 11.1. The number of alkyl halides is 3. The van der Waals surface area contributed by atoms with Gasteiger partial charge in [-0.25, -0.2) is 0 Å². The van der Waals surface area contributed by atoms with Crippen molar-refractivity contribution in [2.45, 2.75) is 103 Å². The Morgan fingerprint density at radius 2 is 1.71 bits per heavy atom. The number of hydrogen-bond acceptors (Lipinski definition) is 3. The first kappa shape index (κ1) is 29.0. The van der Waals surface area contributed by atoms with Gasteiger partial charge in [0.2, 0.25) is 0 Å². The van der Waals surface area contributed by atoms with Gasteiger partial charge in [-0.15, -0.1) is 6.42 Å². The number of amides is 1. The van der Waals surface area contributed by atoms with Crippen molar-refractivity contribution < 1.29 is 58.6 Å². The fraction of sp³-hybridized carbons (Fsp3) is 0.826. The number of hydrogen-bond donors (Lipinski definition) is 1. The van der Waals surface area contributed by atoms with E-state index in [1.807, 2.05) is 19.9 Å². The number of nitrogens with one attached hydrogen (secondary N) is 1. The van der Waals surface area contributed by atoms with Crippen LogP contribution in [0.4, 0.5) is 13.2 Å². The van der Waals surface area contributed by atoms with Gasteiger partial charge in [0.25, 0.3) is 0 Å². The summed E-state index contributed by atoms with van der Waals surface area (Å²) in [5, 5.41) is 2.28. The predicted octanol–water partition coefficient (Wildman–Crippen LogP) is 5.87. The van der Waals surface area contributed by atoms with E-state index in [1.165, 1.54) is 0 Å². The summed E-state index contributed by atoms with van der Waals surface area (Å²) in [6, 6.07) is 0. The van der Waals surface area contributed by atoms with Crippen molar-refractivity contribution in [2.75, 3.05) is 13.2 Å². The van der Waals surface area contributed by atoms with Crippen molar-refractivity contribution in [3.05, 3.63) is 17.6 Å². The molecule has 0 spiro atoms. The van der Waals surface area contributed by atoms with Gasteiger partial charge in [-0.05, 0) is 26.7 Å². The Kier molecular flexibility index (Phi) is 11.6. The molecule has 8 heteroatoms. The van der Waals surface area contributed by atoms with Crippen LogP contribution in [0.3, 0.4) is 0 Å². The van der Waals surface area contributed by atoms with E-state index in [1.54, 1.807) is 6.92 Å². The Hall–Kier alpha value is -0.0281. The number of halogens is 3. The van der Waals surface area contributed by atoms with Crippen molar-refractivity contribution >= 4 is 5.91 Å². The molecule has 0 radical (unpaired) electrons. The van der Waals surface area contributed by atoms with E-state index in [2.05, 4.69) is 12.2 Å². The molecule has 1 N–H and O–H groups in total. The van der Waals surface area contributed by atoms with Crippen molar-refractivity contribution in [3.8, 4) is 0 Å². The zero-order chi connectivity index (χ0) is 22.4. The molecule has 2 aliphatic rings. The van der Waals surface area contributed by atoms with Crippen LogP contribution in [0, 0.1) is 42.4 Å². The Bertz CT molecular complexity index is 607. The van der Waals surface area contributed by atoms with Crippen LogP contribution in [0.25, 0.3) is 0 Å². The molecule has 4 nitrogen and oxygen atoms in total. The monoisotopic (exact) mass is 670 g/mol. The maximum Gasteiger partial charge on any atom is 0.471 e. The van der Waals surface area contributed by atoms with Crippen LogP contribution in [-0.4, -0.2) is 37.1 Å². The average Bonchev–Trinajstić information content (AvgIpc) is 3.19. The predicted molar refractivity (Wildman–Crippen MR) is 111 cm³/mol. The maximum atomic E-state index is 13.0. The molecule has 1 heterocycles. The quantitative estimate of drug-likeness (QED) is 0.296. The van der Waals surface area contributed by atoms with Crippen LogP contribution in [0.2, 0.25) is 0 Å². The summed E-state index contributed by atoms with van der Waals surface area (Å²) in [6.45, 7) is 8.74. The van der Waals surface area contributed by atoms with Gasteiger partial charge >= 0.3 is 12.1 Å². The average molecular weight is 671 g/mol. The summed E-state index contributed by atoms with van der Waals surface area (Å²) >= 11 is 0. The molecular formula is C23H37F3NO3U-. The number of allylic oxidation sites excluding steroid dienone is 1. The molecular weight excluding hydrogens is 633 g/mol. The summed E-state index contributed by atoms with van der Waals surface area (Å²) in [4.78, 5) is 11.8. The standard InChI is InChI=1S/C23H37F3NO3.U/c1-17-10-8-6-5-7-9-12-21(3,20-29-14-15-30-20)13-11-18(2)22(4,16-17)27-19(28)23(24,25)26;/h11,20H,5-10,12-16H2,1-4H3,(H,27,28);/q-1;/b18-11-;. The van der Waals surface area contributed by atoms with Crippen LogP contribution in [-0.2, 0) is 14.3 Å². The molecule has 1 aliphatic carbocycles. The summed E-state index contributed by atoms with van der Waals surface area (Å²) in [7, 11) is 0. The molecule has 2 unspecified atom stereocenters. The van der Waals surface area contributed by atoms with E-state index in [0.29, 0.717) is 26.1 Å². The Labute approximate surface area is 208 Å². The molecule has 0 saturated carbocycles. The SMILES string of the molecule is C/C1=C/CC(C)(C2OCCO2)CCCCCCC[C-](C)CC1(C)NC(=O)C(F)(F)F.[U]. The zero-order valence-electron chi connectivity index (χ0n) is 19.3. The molecule has 0 aromatic rings. The molecule has 1 saturated heterocycles. The molecule has 0 aromatic heterocycles. The van der Waals surface area contributed by atoms with E-state index < -0.39 is 17.6 Å². The van der Waals surface area contributed by atoms with E-state index in [0.717, 1.165) is 56.4 Å². The molecule has 1 amide bonds. The van der Waals surface area contributed by atoms with Crippen molar-refractivity contribution in [2.24, 2.45) is 5.41 Å². The molecule has 31 heavy (non-hydrogen) atoms. The van der Waals surface area contributed by atoms with E-state index in [-0.39, 0.29) is 42.8 Å². The topological polar surface area (TPSA) is 47.6 Å². The van der Waals surface area contributed by atoms with Crippen LogP contribution in [0.15, 0.2) is 11.6 Å². The second kappa shape index (κ2) is 12.4. The molecule has 2 atom stereocenters. The van der Waals surface area contributed by atoms with E-state index >= 15 is 0 Å². The maximum absolute atomic E-state index is 13.0. The minimum atomic E-state index is -4.91. The van der Waals surface area contributed by atoms with E-state index in [4.69, 9.17) is 9.47 Å². The summed E-state index contributed by atoms with van der Waals surface area (Å²) in [5.74, 6) is -0.785. The third-order valence-electron chi connectivity index (χ3n) is 6.59. The fourth-order valence-corrected chi connectivity index (χ4v) is 4.47. The number of ether oxygens (including phenoxy) is 2. The second-order valence-corrected chi connectivity index (χ2v) is 9.50. The van der Waals surface area contributed by atoms with Gasteiger partial charge in [-0.3, -0.25) is 4.79 Å². The Balaban J connectivity index is 0.00000480. The molecule has 178 valence electrons. The van der Waals surface area contributed by atoms with Crippen molar-refractivity contribution in [3.63, 3.8) is 0 Å². The molecule has 1 fully saturated rings. The minimum absolute atomic E-state index is 0. The summed E-state index contributed by atoms with van der Waals surface area (Å²) in [5.41, 5.74) is -0.602. The van der Waals surface area contributed by atoms with Crippen LogP contribution >= 0.6 is 0 Å². The molecule has 0 bridgehead atoms. The minimum Gasteiger partial charge on any atom is -0.350 e. The summed E-state index contributed by atoms with van der Waals surface area (Å²) in [6.07, 6.45) is 5.06. The number of carbonyl (C=O) groups excluding carboxylic acids is 1. The van der Waals surface area contributed by atoms with Crippen molar-refractivity contribution in [1.29, 1.82) is 0 Å². The first-order chi connectivity index (χ1) is 14.0. The number of carbonyl (C=O) groups is 1. The summed E-state index contributed by atoms with van der Waals surface area (Å²) < 4.78 is 50.6. The van der Waals surface area contributed by atoms with Crippen LogP contribution in [0.1, 0.15) is 85.5 Å². The molecule has 2 rings (SSSR count). The third kappa shape index (κ3) is 8.68. The molecule has 1 aliphatic heterocycles. The van der Waals surface area contributed by atoms with E-state index in [9.17, 15) is 18.0 Å². The first-order valence-electron chi connectivity index (χ1n) is 11.1.